The fourth-order valence-corrected chi connectivity index (χ4v) is 1.84. The first-order chi connectivity index (χ1) is 5.71. The van der Waals surface area contributed by atoms with Gasteiger partial charge in [0.1, 0.15) is 0 Å². The van der Waals surface area contributed by atoms with E-state index in [9.17, 15) is 8.42 Å². The molecule has 3 N–H and O–H groups in total. The third-order valence-electron chi connectivity index (χ3n) is 1.66. The second-order valence-electron chi connectivity index (χ2n) is 3.81. The monoisotopic (exact) mass is 209 g/mol. The van der Waals surface area contributed by atoms with Gasteiger partial charge in [-0.05, 0) is 26.8 Å². The lowest BCUT2D eigenvalue weighted by molar-refractivity contribution is 0.407. The molecule has 0 fully saturated rings. The molecule has 5 nitrogen and oxygen atoms in total. The molecular formula is C7H19N3O2S. The first kappa shape index (κ1) is 12.8. The van der Waals surface area contributed by atoms with Gasteiger partial charge in [0, 0.05) is 19.6 Å². The molecule has 0 saturated heterocycles. The molecule has 0 aliphatic heterocycles. The average Bonchev–Trinajstić information content (AvgIpc) is 1.83. The maximum Gasteiger partial charge on any atom is 0.279 e. The standard InChI is InChI=1S/C7H19N3O2S/c1-7(2,5-6-8)9-13(11,12)10(3)4/h9H,5-6,8H2,1-4H3. The second kappa shape index (κ2) is 4.36. The summed E-state index contributed by atoms with van der Waals surface area (Å²) in [5.74, 6) is 0. The summed E-state index contributed by atoms with van der Waals surface area (Å²) in [4.78, 5) is 0. The van der Waals surface area contributed by atoms with Crippen molar-refractivity contribution in [1.82, 2.24) is 9.03 Å². The van der Waals surface area contributed by atoms with Gasteiger partial charge in [-0.25, -0.2) is 0 Å². The van der Waals surface area contributed by atoms with Crippen LogP contribution in [-0.2, 0) is 10.2 Å². The Hall–Kier alpha value is -0.170. The predicted octanol–water partition coefficient (Wildman–Crippen LogP) is -0.490. The maximum atomic E-state index is 11.4. The highest BCUT2D eigenvalue weighted by atomic mass is 32.2. The highest BCUT2D eigenvalue weighted by Gasteiger charge is 2.25. The third kappa shape index (κ3) is 4.56. The van der Waals surface area contributed by atoms with Gasteiger partial charge in [-0.2, -0.15) is 17.4 Å². The van der Waals surface area contributed by atoms with E-state index in [0.717, 1.165) is 4.31 Å². The maximum absolute atomic E-state index is 11.4. The molecule has 0 spiro atoms. The summed E-state index contributed by atoms with van der Waals surface area (Å²) in [5.41, 5.74) is 4.87. The summed E-state index contributed by atoms with van der Waals surface area (Å²) in [6.45, 7) is 4.07. The SMILES string of the molecule is CN(C)S(=O)(=O)NC(C)(C)CCN. The van der Waals surface area contributed by atoms with Crippen LogP contribution in [0.4, 0.5) is 0 Å². The van der Waals surface area contributed by atoms with Crippen molar-refractivity contribution in [1.29, 1.82) is 0 Å². The zero-order valence-corrected chi connectivity index (χ0v) is 9.48. The molecule has 0 aromatic heterocycles. The minimum absolute atomic E-state index is 0.461. The van der Waals surface area contributed by atoms with Crippen LogP contribution in [0.25, 0.3) is 0 Å². The fourth-order valence-electron chi connectivity index (χ4n) is 0.852. The molecule has 80 valence electrons. The lowest BCUT2D eigenvalue weighted by Gasteiger charge is -2.27. The summed E-state index contributed by atoms with van der Waals surface area (Å²) in [6, 6.07) is 0. The van der Waals surface area contributed by atoms with Gasteiger partial charge in [-0.1, -0.05) is 0 Å². The van der Waals surface area contributed by atoms with E-state index >= 15 is 0 Å². The number of rotatable bonds is 5. The van der Waals surface area contributed by atoms with E-state index in [0.29, 0.717) is 13.0 Å². The smallest absolute Gasteiger partial charge is 0.279 e. The van der Waals surface area contributed by atoms with E-state index < -0.39 is 15.7 Å². The zero-order valence-electron chi connectivity index (χ0n) is 8.66. The van der Waals surface area contributed by atoms with E-state index in [1.54, 1.807) is 13.8 Å². The Balaban J connectivity index is 4.43. The predicted molar refractivity (Wildman–Crippen MR) is 53.5 cm³/mol. The summed E-state index contributed by atoms with van der Waals surface area (Å²) in [6.07, 6.45) is 0.611. The fraction of sp³-hybridized carbons (Fsp3) is 1.00. The van der Waals surface area contributed by atoms with Crippen molar-refractivity contribution < 1.29 is 8.42 Å². The Morgan fingerprint density at radius 3 is 2.15 bits per heavy atom. The first-order valence-electron chi connectivity index (χ1n) is 4.13. The molecular weight excluding hydrogens is 190 g/mol. The molecule has 6 heteroatoms. The Morgan fingerprint density at radius 1 is 1.38 bits per heavy atom. The van der Waals surface area contributed by atoms with Crippen LogP contribution in [0.1, 0.15) is 20.3 Å². The van der Waals surface area contributed by atoms with E-state index in [4.69, 9.17) is 5.73 Å². The van der Waals surface area contributed by atoms with Crippen molar-refractivity contribution in [2.75, 3.05) is 20.6 Å². The molecule has 0 radical (unpaired) electrons. The van der Waals surface area contributed by atoms with E-state index in [1.807, 2.05) is 0 Å². The topological polar surface area (TPSA) is 75.4 Å². The van der Waals surface area contributed by atoms with Crippen LogP contribution < -0.4 is 10.5 Å². The lowest BCUT2D eigenvalue weighted by atomic mass is 10.0. The number of hydrogen-bond donors (Lipinski definition) is 2. The highest BCUT2D eigenvalue weighted by Crippen LogP contribution is 2.09. The van der Waals surface area contributed by atoms with Gasteiger partial charge in [-0.15, -0.1) is 0 Å². The first-order valence-corrected chi connectivity index (χ1v) is 5.57. The van der Waals surface area contributed by atoms with Crippen molar-refractivity contribution in [3.8, 4) is 0 Å². The Morgan fingerprint density at radius 2 is 1.85 bits per heavy atom. The normalized spacial score (nSPS) is 13.7. The Kier molecular flexibility index (Phi) is 4.31. The molecule has 0 rings (SSSR count). The largest absolute Gasteiger partial charge is 0.330 e. The van der Waals surface area contributed by atoms with Gasteiger partial charge in [0.15, 0.2) is 0 Å². The van der Waals surface area contributed by atoms with Crippen LogP contribution in [0, 0.1) is 0 Å². The van der Waals surface area contributed by atoms with Crippen LogP contribution in [-0.4, -0.2) is 38.9 Å². The van der Waals surface area contributed by atoms with Crippen molar-refractivity contribution in [2.45, 2.75) is 25.8 Å². The van der Waals surface area contributed by atoms with Crippen molar-refractivity contribution >= 4 is 10.2 Å². The molecule has 0 heterocycles. The highest BCUT2D eigenvalue weighted by molar-refractivity contribution is 7.87. The van der Waals surface area contributed by atoms with Crippen LogP contribution in [0.2, 0.25) is 0 Å². The van der Waals surface area contributed by atoms with Gasteiger partial charge in [0.25, 0.3) is 10.2 Å². The molecule has 0 atom stereocenters. The lowest BCUT2D eigenvalue weighted by Crippen LogP contribution is -2.49. The summed E-state index contributed by atoms with van der Waals surface area (Å²) >= 11 is 0. The van der Waals surface area contributed by atoms with Crippen LogP contribution in [0.15, 0.2) is 0 Å². The molecule has 0 aliphatic carbocycles. The zero-order chi connectivity index (χ0) is 10.7. The minimum Gasteiger partial charge on any atom is -0.330 e. The molecule has 0 bridgehead atoms. The Bertz CT molecular complexity index is 246. The molecule has 0 aromatic carbocycles. The van der Waals surface area contributed by atoms with Gasteiger partial charge in [-0.3, -0.25) is 0 Å². The summed E-state index contributed by atoms with van der Waals surface area (Å²) in [7, 11) is -0.376. The minimum atomic E-state index is -3.35. The third-order valence-corrected chi connectivity index (χ3v) is 3.43. The van der Waals surface area contributed by atoms with Crippen LogP contribution in [0.3, 0.4) is 0 Å². The summed E-state index contributed by atoms with van der Waals surface area (Å²) < 4.78 is 26.5. The van der Waals surface area contributed by atoms with Crippen molar-refractivity contribution in [3.63, 3.8) is 0 Å². The molecule has 0 amide bonds. The van der Waals surface area contributed by atoms with E-state index in [-0.39, 0.29) is 0 Å². The van der Waals surface area contributed by atoms with Gasteiger partial charge in [0.05, 0.1) is 0 Å². The Labute approximate surface area is 80.5 Å². The van der Waals surface area contributed by atoms with Gasteiger partial charge >= 0.3 is 0 Å². The molecule has 0 saturated carbocycles. The average molecular weight is 209 g/mol. The second-order valence-corrected chi connectivity index (χ2v) is 5.70. The number of nitrogens with two attached hydrogens (primary N) is 1. The number of nitrogens with one attached hydrogen (secondary N) is 1. The molecule has 13 heavy (non-hydrogen) atoms. The molecule has 0 aromatic rings. The van der Waals surface area contributed by atoms with Gasteiger partial charge in [0.2, 0.25) is 0 Å². The van der Waals surface area contributed by atoms with Crippen LogP contribution in [0.5, 0.6) is 0 Å². The molecule has 0 unspecified atom stereocenters. The quantitative estimate of drug-likeness (QED) is 0.641. The molecule has 0 aliphatic rings. The van der Waals surface area contributed by atoms with Crippen molar-refractivity contribution in [2.24, 2.45) is 5.73 Å². The van der Waals surface area contributed by atoms with E-state index in [1.165, 1.54) is 14.1 Å². The van der Waals surface area contributed by atoms with Gasteiger partial charge < -0.3 is 5.73 Å². The number of nitrogens with zero attached hydrogens (tertiary/aromatic N) is 1. The number of hydrogen-bond acceptors (Lipinski definition) is 3. The van der Waals surface area contributed by atoms with Crippen LogP contribution >= 0.6 is 0 Å². The van der Waals surface area contributed by atoms with Crippen molar-refractivity contribution in [3.05, 3.63) is 0 Å². The summed E-state index contributed by atoms with van der Waals surface area (Å²) in [5, 5.41) is 0. The van der Waals surface area contributed by atoms with E-state index in [2.05, 4.69) is 4.72 Å².